The van der Waals surface area contributed by atoms with E-state index in [0.29, 0.717) is 18.1 Å². The summed E-state index contributed by atoms with van der Waals surface area (Å²) in [6.07, 6.45) is 5.12. The molecule has 144 valence electrons. The van der Waals surface area contributed by atoms with Crippen LogP contribution in [-0.2, 0) is 4.74 Å². The van der Waals surface area contributed by atoms with Crippen molar-refractivity contribution in [2.45, 2.75) is 45.3 Å². The molecule has 5 nitrogen and oxygen atoms in total. The van der Waals surface area contributed by atoms with E-state index in [2.05, 4.69) is 16.0 Å². The van der Waals surface area contributed by atoms with Crippen molar-refractivity contribution in [3.63, 3.8) is 0 Å². The number of benzene rings is 1. The van der Waals surface area contributed by atoms with Crippen LogP contribution in [0.3, 0.4) is 0 Å². The van der Waals surface area contributed by atoms with Crippen LogP contribution in [0, 0.1) is 0 Å². The molecule has 1 saturated heterocycles. The van der Waals surface area contributed by atoms with E-state index in [1.165, 1.54) is 0 Å². The van der Waals surface area contributed by atoms with E-state index < -0.39 is 5.60 Å². The van der Waals surface area contributed by atoms with Gasteiger partial charge in [0, 0.05) is 36.0 Å². The van der Waals surface area contributed by atoms with Crippen LogP contribution in [0.15, 0.2) is 48.8 Å². The number of aromatic nitrogens is 1. The smallest absolute Gasteiger partial charge is 0.410 e. The van der Waals surface area contributed by atoms with Crippen LogP contribution >= 0.6 is 11.6 Å². The Morgan fingerprint density at radius 2 is 1.81 bits per heavy atom. The van der Waals surface area contributed by atoms with Crippen molar-refractivity contribution in [2.24, 2.45) is 0 Å². The predicted octanol–water partition coefficient (Wildman–Crippen LogP) is 5.27. The molecule has 0 unspecified atom stereocenters. The van der Waals surface area contributed by atoms with Crippen LogP contribution in [0.25, 0.3) is 0 Å². The molecule has 0 saturated carbocycles. The second-order valence-corrected chi connectivity index (χ2v) is 8.19. The Balaban J connectivity index is 1.75. The van der Waals surface area contributed by atoms with Gasteiger partial charge in [0.15, 0.2) is 0 Å². The fourth-order valence-electron chi connectivity index (χ4n) is 3.30. The molecular formula is C21H26ClN3O2. The Kier molecular flexibility index (Phi) is 5.90. The average Bonchev–Trinajstić information content (AvgIpc) is 2.64. The summed E-state index contributed by atoms with van der Waals surface area (Å²) in [7, 11) is 0. The van der Waals surface area contributed by atoms with Crippen molar-refractivity contribution in [3.8, 4) is 0 Å². The van der Waals surface area contributed by atoms with E-state index in [1.54, 1.807) is 11.1 Å². The number of ether oxygens (including phenoxy) is 1. The first-order valence-corrected chi connectivity index (χ1v) is 9.64. The number of piperidine rings is 1. The average molecular weight is 388 g/mol. The number of carbonyl (C=O) groups excluding carboxylic acids is 1. The molecule has 0 spiro atoms. The van der Waals surface area contributed by atoms with Crippen LogP contribution in [0.1, 0.15) is 33.6 Å². The Hall–Kier alpha value is -2.27. The highest BCUT2D eigenvalue weighted by Gasteiger charge is 2.30. The zero-order chi connectivity index (χ0) is 19.4. The molecule has 27 heavy (non-hydrogen) atoms. The monoisotopic (exact) mass is 387 g/mol. The number of anilines is 2. The maximum atomic E-state index is 12.3. The fraction of sp³-hybridized carbons (Fsp3) is 0.429. The molecule has 1 aromatic carbocycles. The molecule has 3 rings (SSSR count). The summed E-state index contributed by atoms with van der Waals surface area (Å²) in [4.78, 5) is 20.7. The molecule has 0 bridgehead atoms. The van der Waals surface area contributed by atoms with Crippen molar-refractivity contribution >= 4 is 29.1 Å². The van der Waals surface area contributed by atoms with E-state index in [9.17, 15) is 4.79 Å². The maximum absolute atomic E-state index is 12.3. The van der Waals surface area contributed by atoms with Gasteiger partial charge in [-0.25, -0.2) is 4.79 Å². The van der Waals surface area contributed by atoms with E-state index in [1.807, 2.05) is 57.3 Å². The molecule has 1 aliphatic rings. The van der Waals surface area contributed by atoms with Gasteiger partial charge in [-0.2, -0.15) is 0 Å². The highest BCUT2D eigenvalue weighted by atomic mass is 35.5. The van der Waals surface area contributed by atoms with Gasteiger partial charge in [-0.05, 0) is 70.0 Å². The third-order valence-electron chi connectivity index (χ3n) is 4.51. The Morgan fingerprint density at radius 1 is 1.15 bits per heavy atom. The fourth-order valence-corrected chi connectivity index (χ4v) is 3.43. The highest BCUT2D eigenvalue weighted by molar-refractivity contribution is 6.30. The first kappa shape index (κ1) is 19.5. The lowest BCUT2D eigenvalue weighted by Crippen LogP contribution is -2.47. The highest BCUT2D eigenvalue weighted by Crippen LogP contribution is 2.32. The van der Waals surface area contributed by atoms with Crippen molar-refractivity contribution in [1.82, 2.24) is 9.88 Å². The van der Waals surface area contributed by atoms with Gasteiger partial charge >= 0.3 is 6.09 Å². The third kappa shape index (κ3) is 5.13. The number of rotatable bonds is 3. The Bertz CT molecular complexity index is 751. The minimum atomic E-state index is -0.473. The molecule has 0 atom stereocenters. The summed E-state index contributed by atoms with van der Waals surface area (Å²) in [5.74, 6) is 0. The number of hydrogen-bond acceptors (Lipinski definition) is 4. The summed E-state index contributed by atoms with van der Waals surface area (Å²) in [6, 6.07) is 12.1. The first-order chi connectivity index (χ1) is 12.8. The minimum absolute atomic E-state index is 0.236. The molecule has 1 aliphatic heterocycles. The van der Waals surface area contributed by atoms with Gasteiger partial charge in [0.25, 0.3) is 0 Å². The molecule has 0 radical (unpaired) electrons. The molecule has 2 heterocycles. The second-order valence-electron chi connectivity index (χ2n) is 7.76. The number of nitrogens with zero attached hydrogens (tertiary/aromatic N) is 3. The Morgan fingerprint density at radius 3 is 2.37 bits per heavy atom. The molecule has 2 aromatic rings. The summed E-state index contributed by atoms with van der Waals surface area (Å²) in [6.45, 7) is 7.01. The number of likely N-dealkylation sites (tertiary alicyclic amines) is 1. The van der Waals surface area contributed by atoms with Crippen LogP contribution in [0.5, 0.6) is 0 Å². The summed E-state index contributed by atoms with van der Waals surface area (Å²) in [5, 5.41) is 0.713. The molecule has 1 fully saturated rings. The van der Waals surface area contributed by atoms with Gasteiger partial charge in [-0.1, -0.05) is 11.6 Å². The molecule has 6 heteroatoms. The van der Waals surface area contributed by atoms with Crippen LogP contribution in [0.2, 0.25) is 5.02 Å². The number of halogens is 1. The quantitative estimate of drug-likeness (QED) is 0.719. The van der Waals surface area contributed by atoms with Gasteiger partial charge in [-0.15, -0.1) is 0 Å². The van der Waals surface area contributed by atoms with Crippen LogP contribution < -0.4 is 4.90 Å². The van der Waals surface area contributed by atoms with Crippen molar-refractivity contribution < 1.29 is 9.53 Å². The zero-order valence-corrected chi connectivity index (χ0v) is 16.8. The van der Waals surface area contributed by atoms with E-state index >= 15 is 0 Å². The summed E-state index contributed by atoms with van der Waals surface area (Å²) < 4.78 is 5.50. The normalized spacial score (nSPS) is 15.5. The van der Waals surface area contributed by atoms with Gasteiger partial charge in [-0.3, -0.25) is 4.98 Å². The SMILES string of the molecule is CC(C)(C)OC(=O)N1CCC(N(c2ccc(Cl)cc2)c2cccnc2)CC1. The summed E-state index contributed by atoms with van der Waals surface area (Å²) >= 11 is 6.07. The van der Waals surface area contributed by atoms with Crippen molar-refractivity contribution in [3.05, 3.63) is 53.8 Å². The lowest BCUT2D eigenvalue weighted by atomic mass is 10.0. The van der Waals surface area contributed by atoms with E-state index in [-0.39, 0.29) is 12.1 Å². The predicted molar refractivity (Wildman–Crippen MR) is 109 cm³/mol. The number of hydrogen-bond donors (Lipinski definition) is 0. The van der Waals surface area contributed by atoms with E-state index in [0.717, 1.165) is 24.2 Å². The largest absolute Gasteiger partial charge is 0.444 e. The van der Waals surface area contributed by atoms with Crippen LogP contribution in [0.4, 0.5) is 16.2 Å². The number of pyridine rings is 1. The topological polar surface area (TPSA) is 45.7 Å². The number of amides is 1. The van der Waals surface area contributed by atoms with Gasteiger partial charge < -0.3 is 14.5 Å². The maximum Gasteiger partial charge on any atom is 0.410 e. The lowest BCUT2D eigenvalue weighted by Gasteiger charge is -2.40. The van der Waals surface area contributed by atoms with E-state index in [4.69, 9.17) is 16.3 Å². The summed E-state index contributed by atoms with van der Waals surface area (Å²) in [5.41, 5.74) is 1.64. The molecule has 1 amide bonds. The first-order valence-electron chi connectivity index (χ1n) is 9.26. The molecular weight excluding hydrogens is 362 g/mol. The zero-order valence-electron chi connectivity index (χ0n) is 16.1. The molecule has 0 N–H and O–H groups in total. The van der Waals surface area contributed by atoms with Gasteiger partial charge in [0.2, 0.25) is 0 Å². The standard InChI is InChI=1S/C21H26ClN3O2/c1-21(2,3)27-20(26)24-13-10-18(11-14-24)25(19-5-4-12-23-15-19)17-8-6-16(22)7-9-17/h4-9,12,15,18H,10-11,13-14H2,1-3H3. The second kappa shape index (κ2) is 8.17. The van der Waals surface area contributed by atoms with Gasteiger partial charge in [0.05, 0.1) is 11.9 Å². The lowest BCUT2D eigenvalue weighted by molar-refractivity contribution is 0.0206. The van der Waals surface area contributed by atoms with Crippen molar-refractivity contribution in [1.29, 1.82) is 0 Å². The minimum Gasteiger partial charge on any atom is -0.444 e. The Labute approximate surface area is 165 Å². The molecule has 1 aromatic heterocycles. The number of carbonyl (C=O) groups is 1. The van der Waals surface area contributed by atoms with Gasteiger partial charge in [0.1, 0.15) is 5.60 Å². The molecule has 0 aliphatic carbocycles. The van der Waals surface area contributed by atoms with Crippen LogP contribution in [-0.4, -0.2) is 40.7 Å². The third-order valence-corrected chi connectivity index (χ3v) is 4.76. The van der Waals surface area contributed by atoms with Crippen molar-refractivity contribution in [2.75, 3.05) is 18.0 Å².